The first-order chi connectivity index (χ1) is 10.7. The molecule has 3 rings (SSSR count). The maximum atomic E-state index is 13.7. The molecule has 6 heteroatoms. The number of benzene rings is 2. The SMILES string of the molecule is COc1cc2c(NCc3ccccc3F)ncnc2cc1F. The average Bonchev–Trinajstić information content (AvgIpc) is 2.53. The van der Waals surface area contributed by atoms with E-state index in [2.05, 4.69) is 15.3 Å². The minimum Gasteiger partial charge on any atom is -0.494 e. The van der Waals surface area contributed by atoms with Crippen LogP contribution in [0.25, 0.3) is 10.9 Å². The average molecular weight is 301 g/mol. The molecular formula is C16H13F2N3O. The summed E-state index contributed by atoms with van der Waals surface area (Å²) in [5.41, 5.74) is 0.965. The van der Waals surface area contributed by atoms with Crippen molar-refractivity contribution in [3.63, 3.8) is 0 Å². The highest BCUT2D eigenvalue weighted by Gasteiger charge is 2.10. The fourth-order valence-corrected chi connectivity index (χ4v) is 2.18. The zero-order valence-corrected chi connectivity index (χ0v) is 11.8. The lowest BCUT2D eigenvalue weighted by Crippen LogP contribution is -2.04. The number of ether oxygens (including phenoxy) is 1. The molecule has 0 fully saturated rings. The third-order valence-corrected chi connectivity index (χ3v) is 3.31. The number of nitrogens with one attached hydrogen (secondary N) is 1. The topological polar surface area (TPSA) is 47.0 Å². The normalized spacial score (nSPS) is 10.7. The molecule has 0 aliphatic rings. The van der Waals surface area contributed by atoms with Crippen molar-refractivity contribution in [3.05, 3.63) is 59.9 Å². The lowest BCUT2D eigenvalue weighted by molar-refractivity contribution is 0.387. The van der Waals surface area contributed by atoms with Crippen molar-refractivity contribution >= 4 is 16.7 Å². The molecule has 0 aliphatic carbocycles. The summed E-state index contributed by atoms with van der Waals surface area (Å²) in [4.78, 5) is 8.16. The standard InChI is InChI=1S/C16H13F2N3O/c1-22-15-6-11-14(7-13(15)18)20-9-21-16(11)19-8-10-4-2-3-5-12(10)17/h2-7,9H,8H2,1H3,(H,19,20,21). The molecule has 3 aromatic rings. The van der Waals surface area contributed by atoms with Crippen molar-refractivity contribution in [3.8, 4) is 5.75 Å². The van der Waals surface area contributed by atoms with Crippen molar-refractivity contribution in [1.82, 2.24) is 9.97 Å². The van der Waals surface area contributed by atoms with Gasteiger partial charge >= 0.3 is 0 Å². The van der Waals surface area contributed by atoms with Crippen LogP contribution in [0.4, 0.5) is 14.6 Å². The minimum atomic E-state index is -0.492. The number of methoxy groups -OCH3 is 1. The number of fused-ring (bicyclic) bond motifs is 1. The van der Waals surface area contributed by atoms with E-state index < -0.39 is 5.82 Å². The summed E-state index contributed by atoms with van der Waals surface area (Å²) in [5.74, 6) is -0.187. The number of anilines is 1. The molecule has 0 saturated heterocycles. The van der Waals surface area contributed by atoms with E-state index in [1.54, 1.807) is 18.2 Å². The Kier molecular flexibility index (Phi) is 3.82. The maximum absolute atomic E-state index is 13.7. The number of rotatable bonds is 4. The van der Waals surface area contributed by atoms with Gasteiger partial charge in [-0.25, -0.2) is 18.7 Å². The molecular weight excluding hydrogens is 288 g/mol. The van der Waals surface area contributed by atoms with Crippen LogP contribution in [0.15, 0.2) is 42.7 Å². The van der Waals surface area contributed by atoms with Crippen LogP contribution in [0.2, 0.25) is 0 Å². The van der Waals surface area contributed by atoms with E-state index in [4.69, 9.17) is 4.74 Å². The smallest absolute Gasteiger partial charge is 0.167 e. The third-order valence-electron chi connectivity index (χ3n) is 3.31. The van der Waals surface area contributed by atoms with Gasteiger partial charge in [-0.2, -0.15) is 0 Å². The Balaban J connectivity index is 1.95. The van der Waals surface area contributed by atoms with Crippen LogP contribution < -0.4 is 10.1 Å². The highest BCUT2D eigenvalue weighted by Crippen LogP contribution is 2.27. The van der Waals surface area contributed by atoms with Crippen LogP contribution >= 0.6 is 0 Å². The van der Waals surface area contributed by atoms with Gasteiger partial charge in [0.1, 0.15) is 18.0 Å². The first-order valence-corrected chi connectivity index (χ1v) is 6.64. The zero-order valence-electron chi connectivity index (χ0n) is 11.8. The monoisotopic (exact) mass is 301 g/mol. The molecule has 0 unspecified atom stereocenters. The summed E-state index contributed by atoms with van der Waals surface area (Å²) in [6.45, 7) is 0.262. The Hall–Kier alpha value is -2.76. The molecule has 0 saturated carbocycles. The van der Waals surface area contributed by atoms with E-state index in [1.807, 2.05) is 0 Å². The fourth-order valence-electron chi connectivity index (χ4n) is 2.18. The maximum Gasteiger partial charge on any atom is 0.167 e. The van der Waals surface area contributed by atoms with Crippen LogP contribution in [-0.2, 0) is 6.54 Å². The van der Waals surface area contributed by atoms with Gasteiger partial charge in [-0.15, -0.1) is 0 Å². The van der Waals surface area contributed by atoms with Gasteiger partial charge in [-0.3, -0.25) is 0 Å². The second-order valence-electron chi connectivity index (χ2n) is 4.67. The zero-order chi connectivity index (χ0) is 15.5. The first kappa shape index (κ1) is 14.2. The van der Waals surface area contributed by atoms with Gasteiger partial charge < -0.3 is 10.1 Å². The summed E-state index contributed by atoms with van der Waals surface area (Å²) in [5, 5.41) is 3.65. The molecule has 0 radical (unpaired) electrons. The molecule has 1 aromatic heterocycles. The number of hydrogen-bond donors (Lipinski definition) is 1. The summed E-state index contributed by atoms with van der Waals surface area (Å²) >= 11 is 0. The summed E-state index contributed by atoms with van der Waals surface area (Å²) in [6, 6.07) is 9.28. The number of nitrogens with zero attached hydrogens (tertiary/aromatic N) is 2. The lowest BCUT2D eigenvalue weighted by Gasteiger charge is -2.10. The van der Waals surface area contributed by atoms with Gasteiger partial charge in [0, 0.05) is 23.6 Å². The van der Waals surface area contributed by atoms with E-state index in [1.165, 1.54) is 31.6 Å². The van der Waals surface area contributed by atoms with E-state index in [9.17, 15) is 8.78 Å². The largest absolute Gasteiger partial charge is 0.494 e. The number of aromatic nitrogens is 2. The van der Waals surface area contributed by atoms with Crippen molar-refractivity contribution in [2.24, 2.45) is 0 Å². The molecule has 4 nitrogen and oxygen atoms in total. The second kappa shape index (κ2) is 5.93. The summed E-state index contributed by atoms with van der Waals surface area (Å²) in [6.07, 6.45) is 1.33. The quantitative estimate of drug-likeness (QED) is 0.801. The molecule has 2 aromatic carbocycles. The molecule has 1 N–H and O–H groups in total. The van der Waals surface area contributed by atoms with Crippen LogP contribution in [0.1, 0.15) is 5.56 Å². The van der Waals surface area contributed by atoms with Gasteiger partial charge in [0.25, 0.3) is 0 Å². The Labute approximate surface area is 125 Å². The first-order valence-electron chi connectivity index (χ1n) is 6.64. The third kappa shape index (κ3) is 2.67. The van der Waals surface area contributed by atoms with Crippen LogP contribution in [0.5, 0.6) is 5.75 Å². The van der Waals surface area contributed by atoms with Gasteiger partial charge in [-0.1, -0.05) is 18.2 Å². The van der Waals surface area contributed by atoms with Crippen molar-refractivity contribution in [2.75, 3.05) is 12.4 Å². The predicted octanol–water partition coefficient (Wildman–Crippen LogP) is 3.53. The summed E-state index contributed by atoms with van der Waals surface area (Å²) in [7, 11) is 1.39. The van der Waals surface area contributed by atoms with Gasteiger partial charge in [0.2, 0.25) is 0 Å². The van der Waals surface area contributed by atoms with E-state index >= 15 is 0 Å². The van der Waals surface area contributed by atoms with E-state index in [0.717, 1.165) is 0 Å². The highest BCUT2D eigenvalue weighted by atomic mass is 19.1. The van der Waals surface area contributed by atoms with E-state index in [-0.39, 0.29) is 18.1 Å². The Morgan fingerprint density at radius 1 is 1.09 bits per heavy atom. The molecule has 22 heavy (non-hydrogen) atoms. The molecule has 1 heterocycles. The highest BCUT2D eigenvalue weighted by molar-refractivity contribution is 5.90. The van der Waals surface area contributed by atoms with Crippen LogP contribution in [0.3, 0.4) is 0 Å². The molecule has 112 valence electrons. The van der Waals surface area contributed by atoms with Crippen LogP contribution in [0, 0.1) is 11.6 Å². The fraction of sp³-hybridized carbons (Fsp3) is 0.125. The predicted molar refractivity (Wildman–Crippen MR) is 79.8 cm³/mol. The van der Waals surface area contributed by atoms with Crippen molar-refractivity contribution in [2.45, 2.75) is 6.54 Å². The van der Waals surface area contributed by atoms with Gasteiger partial charge in [0.15, 0.2) is 11.6 Å². The van der Waals surface area contributed by atoms with E-state index in [0.29, 0.717) is 22.3 Å². The molecule has 0 aliphatic heterocycles. The Morgan fingerprint density at radius 3 is 2.68 bits per heavy atom. The van der Waals surface area contributed by atoms with Crippen molar-refractivity contribution in [1.29, 1.82) is 0 Å². The van der Waals surface area contributed by atoms with Gasteiger partial charge in [0.05, 0.1) is 12.6 Å². The second-order valence-corrected chi connectivity index (χ2v) is 4.67. The molecule has 0 spiro atoms. The van der Waals surface area contributed by atoms with Crippen molar-refractivity contribution < 1.29 is 13.5 Å². The lowest BCUT2D eigenvalue weighted by atomic mass is 10.2. The minimum absolute atomic E-state index is 0.108. The summed E-state index contributed by atoms with van der Waals surface area (Å²) < 4.78 is 32.3. The molecule has 0 atom stereocenters. The Morgan fingerprint density at radius 2 is 1.91 bits per heavy atom. The Bertz CT molecular complexity index is 824. The van der Waals surface area contributed by atoms with Gasteiger partial charge in [-0.05, 0) is 12.1 Å². The molecule has 0 amide bonds. The number of hydrogen-bond acceptors (Lipinski definition) is 4. The van der Waals surface area contributed by atoms with Crippen LogP contribution in [-0.4, -0.2) is 17.1 Å². The number of halogens is 2. The molecule has 0 bridgehead atoms.